The highest BCUT2D eigenvalue weighted by Gasteiger charge is 2.21. The first kappa shape index (κ1) is 22.0. The molecule has 32 heavy (non-hydrogen) atoms. The number of thioether (sulfide) groups is 1. The van der Waals surface area contributed by atoms with Crippen molar-refractivity contribution in [3.63, 3.8) is 0 Å². The fourth-order valence-electron chi connectivity index (χ4n) is 3.65. The number of carbonyl (C=O) groups is 1. The van der Waals surface area contributed by atoms with E-state index >= 15 is 0 Å². The zero-order valence-electron chi connectivity index (χ0n) is 18.5. The summed E-state index contributed by atoms with van der Waals surface area (Å²) in [5.41, 5.74) is 4.32. The van der Waals surface area contributed by atoms with Gasteiger partial charge in [0.05, 0.1) is 21.8 Å². The van der Waals surface area contributed by atoms with Gasteiger partial charge >= 0.3 is 0 Å². The van der Waals surface area contributed by atoms with Gasteiger partial charge in [-0.25, -0.2) is 4.98 Å². The summed E-state index contributed by atoms with van der Waals surface area (Å²) in [6, 6.07) is 23.0. The van der Waals surface area contributed by atoms with Gasteiger partial charge in [0.1, 0.15) is 0 Å². The van der Waals surface area contributed by atoms with Crippen LogP contribution in [0.5, 0.6) is 0 Å². The van der Waals surface area contributed by atoms with Gasteiger partial charge in [0, 0.05) is 5.56 Å². The van der Waals surface area contributed by atoms with Crippen LogP contribution in [0.15, 0.2) is 82.7 Å². The molecule has 1 atom stereocenters. The Balaban J connectivity index is 1.76. The van der Waals surface area contributed by atoms with Crippen molar-refractivity contribution >= 4 is 28.4 Å². The lowest BCUT2D eigenvalue weighted by atomic mass is 10.1. The monoisotopic (exact) mass is 442 g/mol. The fraction of sp³-hybridized carbons (Fsp3) is 0.222. The Hall–Kier alpha value is -3.18. The summed E-state index contributed by atoms with van der Waals surface area (Å²) < 4.78 is 1.62. The summed E-state index contributed by atoms with van der Waals surface area (Å²) >= 11 is 1.32. The second-order valence-corrected chi connectivity index (χ2v) is 9.05. The number of aromatic nitrogens is 2. The number of rotatable bonds is 7. The van der Waals surface area contributed by atoms with Gasteiger partial charge < -0.3 is 0 Å². The summed E-state index contributed by atoms with van der Waals surface area (Å²) in [4.78, 5) is 31.3. The van der Waals surface area contributed by atoms with E-state index in [4.69, 9.17) is 4.98 Å². The van der Waals surface area contributed by atoms with Crippen molar-refractivity contribution in [1.82, 2.24) is 9.55 Å². The van der Waals surface area contributed by atoms with E-state index in [-0.39, 0.29) is 11.3 Å². The zero-order valence-corrected chi connectivity index (χ0v) is 19.4. The molecule has 0 radical (unpaired) electrons. The van der Waals surface area contributed by atoms with Crippen molar-refractivity contribution in [2.75, 3.05) is 0 Å². The van der Waals surface area contributed by atoms with Gasteiger partial charge in [-0.3, -0.25) is 14.2 Å². The molecule has 0 fully saturated rings. The van der Waals surface area contributed by atoms with E-state index in [0.717, 1.165) is 18.5 Å². The molecule has 0 aliphatic carbocycles. The van der Waals surface area contributed by atoms with Crippen molar-refractivity contribution < 1.29 is 4.79 Å². The Morgan fingerprint density at radius 1 is 0.906 bits per heavy atom. The molecule has 1 unspecified atom stereocenters. The van der Waals surface area contributed by atoms with Crippen LogP contribution in [0, 0.1) is 0 Å². The van der Waals surface area contributed by atoms with Crippen LogP contribution in [-0.4, -0.2) is 20.6 Å². The highest BCUT2D eigenvalue weighted by atomic mass is 32.2. The lowest BCUT2D eigenvalue weighted by Gasteiger charge is -2.16. The van der Waals surface area contributed by atoms with Crippen LogP contribution in [0.4, 0.5) is 0 Å². The van der Waals surface area contributed by atoms with Gasteiger partial charge in [0.25, 0.3) is 5.56 Å². The zero-order chi connectivity index (χ0) is 22.7. The molecule has 4 aromatic rings. The van der Waals surface area contributed by atoms with E-state index in [1.807, 2.05) is 73.7 Å². The number of hydrogen-bond acceptors (Lipinski definition) is 4. The van der Waals surface area contributed by atoms with Crippen molar-refractivity contribution in [3.8, 4) is 5.69 Å². The van der Waals surface area contributed by atoms with Gasteiger partial charge in [0.15, 0.2) is 10.9 Å². The predicted octanol–water partition coefficient (Wildman–Crippen LogP) is 5.87. The second kappa shape index (κ2) is 9.53. The molecule has 1 heterocycles. The first-order valence-corrected chi connectivity index (χ1v) is 11.8. The number of aryl methyl sites for hydroxylation is 2. The highest BCUT2D eigenvalue weighted by molar-refractivity contribution is 8.00. The van der Waals surface area contributed by atoms with E-state index in [2.05, 4.69) is 13.8 Å². The Morgan fingerprint density at radius 2 is 1.50 bits per heavy atom. The standard InChI is InChI=1S/C27H26N2O2S/c1-4-19-10-14-21(15-11-19)25(30)18(3)32-27-28-24-9-7-6-8-23(24)26(31)29(27)22-16-12-20(5-2)13-17-22/h6-18H,4-5H2,1-3H3. The average molecular weight is 443 g/mol. The molecule has 0 aliphatic rings. The lowest BCUT2D eigenvalue weighted by Crippen LogP contribution is -2.23. The minimum absolute atomic E-state index is 0.0212. The van der Waals surface area contributed by atoms with E-state index in [1.165, 1.54) is 22.9 Å². The Bertz CT molecular complexity index is 1310. The molecule has 0 spiro atoms. The molecule has 0 N–H and O–H groups in total. The third kappa shape index (κ3) is 4.39. The first-order valence-electron chi connectivity index (χ1n) is 10.9. The fourth-order valence-corrected chi connectivity index (χ4v) is 4.66. The van der Waals surface area contributed by atoms with Gasteiger partial charge in [-0.2, -0.15) is 0 Å². The molecule has 0 saturated carbocycles. The normalized spacial score (nSPS) is 12.1. The molecular formula is C27H26N2O2S. The highest BCUT2D eigenvalue weighted by Crippen LogP contribution is 2.27. The van der Waals surface area contributed by atoms with Gasteiger partial charge in [-0.15, -0.1) is 0 Å². The van der Waals surface area contributed by atoms with Crippen LogP contribution in [0.3, 0.4) is 0 Å². The van der Waals surface area contributed by atoms with Crippen LogP contribution in [0.25, 0.3) is 16.6 Å². The molecule has 5 heteroatoms. The molecule has 0 amide bonds. The van der Waals surface area contributed by atoms with E-state index in [9.17, 15) is 9.59 Å². The van der Waals surface area contributed by atoms with Crippen molar-refractivity contribution in [1.29, 1.82) is 0 Å². The summed E-state index contributed by atoms with van der Waals surface area (Å²) in [5, 5.41) is 0.686. The second-order valence-electron chi connectivity index (χ2n) is 7.75. The maximum Gasteiger partial charge on any atom is 0.266 e. The summed E-state index contributed by atoms with van der Waals surface area (Å²) in [5.74, 6) is 0.0212. The predicted molar refractivity (Wildman–Crippen MR) is 132 cm³/mol. The number of benzene rings is 3. The molecule has 3 aromatic carbocycles. The molecule has 0 bridgehead atoms. The number of ketones is 1. The van der Waals surface area contributed by atoms with Crippen molar-refractivity contribution in [2.24, 2.45) is 0 Å². The van der Waals surface area contributed by atoms with Gasteiger partial charge in [-0.1, -0.05) is 74.1 Å². The van der Waals surface area contributed by atoms with Crippen molar-refractivity contribution in [3.05, 3.63) is 99.8 Å². The molecule has 4 nitrogen and oxygen atoms in total. The quantitative estimate of drug-likeness (QED) is 0.204. The SMILES string of the molecule is CCc1ccc(C(=O)C(C)Sc2nc3ccccc3c(=O)n2-c2ccc(CC)cc2)cc1. The average Bonchev–Trinajstić information content (AvgIpc) is 2.84. The minimum Gasteiger partial charge on any atom is -0.293 e. The van der Waals surface area contributed by atoms with Gasteiger partial charge in [0.2, 0.25) is 0 Å². The maximum atomic E-state index is 13.4. The van der Waals surface area contributed by atoms with Crippen LogP contribution in [0.1, 0.15) is 42.3 Å². The van der Waals surface area contributed by atoms with Crippen LogP contribution < -0.4 is 5.56 Å². The summed E-state index contributed by atoms with van der Waals surface area (Å²) in [6.07, 6.45) is 1.86. The van der Waals surface area contributed by atoms with E-state index < -0.39 is 5.25 Å². The maximum absolute atomic E-state index is 13.4. The number of fused-ring (bicyclic) bond motifs is 1. The molecule has 162 valence electrons. The summed E-state index contributed by atoms with van der Waals surface area (Å²) in [6.45, 7) is 6.06. The van der Waals surface area contributed by atoms with Crippen LogP contribution in [-0.2, 0) is 12.8 Å². The molecule has 0 saturated heterocycles. The Kier molecular flexibility index (Phi) is 6.56. The van der Waals surface area contributed by atoms with Crippen molar-refractivity contribution in [2.45, 2.75) is 44.0 Å². The smallest absolute Gasteiger partial charge is 0.266 e. The molecule has 4 rings (SSSR count). The number of Topliss-reactive ketones (excluding diaryl/α,β-unsaturated/α-hetero) is 1. The van der Waals surface area contributed by atoms with Crippen LogP contribution in [0.2, 0.25) is 0 Å². The minimum atomic E-state index is -0.392. The number of nitrogens with zero attached hydrogens (tertiary/aromatic N) is 2. The van der Waals surface area contributed by atoms with Crippen LogP contribution >= 0.6 is 11.8 Å². The molecule has 1 aromatic heterocycles. The topological polar surface area (TPSA) is 52.0 Å². The van der Waals surface area contributed by atoms with E-state index in [1.54, 1.807) is 10.6 Å². The van der Waals surface area contributed by atoms with E-state index in [0.29, 0.717) is 21.6 Å². The first-order chi connectivity index (χ1) is 15.5. The Labute approximate surface area is 192 Å². The largest absolute Gasteiger partial charge is 0.293 e. The molecular weight excluding hydrogens is 416 g/mol. The third-order valence-electron chi connectivity index (χ3n) is 5.65. The van der Waals surface area contributed by atoms with Gasteiger partial charge in [-0.05, 0) is 55.2 Å². The lowest BCUT2D eigenvalue weighted by molar-refractivity contribution is 0.0994. The number of carbonyl (C=O) groups excluding carboxylic acids is 1. The Morgan fingerprint density at radius 3 is 2.12 bits per heavy atom. The number of para-hydroxylation sites is 1. The number of hydrogen-bond donors (Lipinski definition) is 0. The third-order valence-corrected chi connectivity index (χ3v) is 6.70. The molecule has 0 aliphatic heterocycles. The summed E-state index contributed by atoms with van der Waals surface area (Å²) in [7, 11) is 0.